The Labute approximate surface area is 222 Å². The molecule has 0 saturated carbocycles. The molecule has 0 bridgehead atoms. The van der Waals surface area contributed by atoms with Crippen LogP contribution in [0.1, 0.15) is 34.3 Å². The van der Waals surface area contributed by atoms with Gasteiger partial charge in [-0.05, 0) is 35.1 Å². The minimum Gasteiger partial charge on any atom is -0.357 e. The van der Waals surface area contributed by atoms with Gasteiger partial charge in [0, 0.05) is 43.9 Å². The quantitative estimate of drug-likeness (QED) is 0.331. The molecule has 1 N–H and O–H groups in total. The van der Waals surface area contributed by atoms with E-state index in [-0.39, 0.29) is 24.1 Å². The van der Waals surface area contributed by atoms with Gasteiger partial charge in [0.15, 0.2) is 0 Å². The van der Waals surface area contributed by atoms with Gasteiger partial charge in [-0.25, -0.2) is 0 Å². The summed E-state index contributed by atoms with van der Waals surface area (Å²) in [4.78, 5) is 43.4. The molecule has 5 rings (SSSR count). The topological polar surface area (TPSA) is 69.7 Å². The molecule has 1 unspecified atom stereocenters. The van der Waals surface area contributed by atoms with Crippen LogP contribution < -0.4 is 10.2 Å². The van der Waals surface area contributed by atoms with Gasteiger partial charge in [0.1, 0.15) is 6.04 Å². The summed E-state index contributed by atoms with van der Waals surface area (Å²) in [5.74, 6) is -0.339. The molecule has 3 amide bonds. The SMILES string of the molecule is CNC(=O)C(Cc1ccccc1)N(Cc1ccccc1)C(=O)CCCN1C(=O)c2cccc3cccc1c23. The Morgan fingerprint density at radius 2 is 1.50 bits per heavy atom. The van der Waals surface area contributed by atoms with Gasteiger partial charge in [0.05, 0.1) is 5.69 Å². The number of carbonyl (C=O) groups excluding carboxylic acids is 3. The van der Waals surface area contributed by atoms with Crippen LogP contribution >= 0.6 is 0 Å². The van der Waals surface area contributed by atoms with Crippen LogP contribution in [0.5, 0.6) is 0 Å². The van der Waals surface area contributed by atoms with Gasteiger partial charge in [-0.2, -0.15) is 0 Å². The van der Waals surface area contributed by atoms with Crippen molar-refractivity contribution < 1.29 is 14.4 Å². The molecule has 0 saturated heterocycles. The van der Waals surface area contributed by atoms with E-state index in [1.54, 1.807) is 16.8 Å². The van der Waals surface area contributed by atoms with Gasteiger partial charge in [-0.15, -0.1) is 0 Å². The standard InChI is InChI=1S/C32H31N3O3/c1-33-31(37)28(21-23-11-4-2-5-12-23)35(22-24-13-6-3-7-14-24)29(36)19-10-20-34-27-18-9-16-25-15-8-17-26(30(25)27)32(34)38/h2-9,11-18,28H,10,19-22H2,1H3,(H,33,37). The molecule has 38 heavy (non-hydrogen) atoms. The monoisotopic (exact) mass is 505 g/mol. The number of hydrogen-bond acceptors (Lipinski definition) is 3. The summed E-state index contributed by atoms with van der Waals surface area (Å²) in [6.07, 6.45) is 1.14. The Bertz CT molecular complexity index is 1450. The van der Waals surface area contributed by atoms with E-state index in [1.807, 2.05) is 97.1 Å². The van der Waals surface area contributed by atoms with Gasteiger partial charge >= 0.3 is 0 Å². The molecule has 1 aliphatic heterocycles. The largest absolute Gasteiger partial charge is 0.357 e. The first-order valence-corrected chi connectivity index (χ1v) is 13.0. The maximum absolute atomic E-state index is 13.7. The summed E-state index contributed by atoms with van der Waals surface area (Å²) >= 11 is 0. The molecular formula is C32H31N3O3. The number of nitrogens with one attached hydrogen (secondary N) is 1. The normalized spacial score (nSPS) is 13.0. The van der Waals surface area contributed by atoms with Crippen LogP contribution in [0.25, 0.3) is 10.8 Å². The minimum absolute atomic E-state index is 0.0299. The number of benzene rings is 4. The van der Waals surface area contributed by atoms with Gasteiger partial charge in [0.25, 0.3) is 5.91 Å². The van der Waals surface area contributed by atoms with Crippen LogP contribution in [0.15, 0.2) is 97.1 Å². The van der Waals surface area contributed by atoms with Crippen molar-refractivity contribution in [1.82, 2.24) is 10.2 Å². The lowest BCUT2D eigenvalue weighted by Gasteiger charge is -2.31. The van der Waals surface area contributed by atoms with Crippen LogP contribution in [0, 0.1) is 0 Å². The van der Waals surface area contributed by atoms with E-state index >= 15 is 0 Å². The van der Waals surface area contributed by atoms with Crippen LogP contribution in [-0.2, 0) is 22.6 Å². The van der Waals surface area contributed by atoms with Crippen molar-refractivity contribution >= 4 is 34.2 Å². The molecule has 4 aromatic rings. The number of carbonyl (C=O) groups is 3. The fourth-order valence-corrected chi connectivity index (χ4v) is 5.23. The van der Waals surface area contributed by atoms with Crippen molar-refractivity contribution in [1.29, 1.82) is 0 Å². The Balaban J connectivity index is 1.34. The van der Waals surface area contributed by atoms with Gasteiger partial charge < -0.3 is 15.1 Å². The van der Waals surface area contributed by atoms with Crippen LogP contribution in [0.3, 0.4) is 0 Å². The molecule has 1 atom stereocenters. The summed E-state index contributed by atoms with van der Waals surface area (Å²) in [5.41, 5.74) is 3.54. The van der Waals surface area contributed by atoms with Crippen molar-refractivity contribution in [3.63, 3.8) is 0 Å². The second kappa shape index (κ2) is 11.3. The number of likely N-dealkylation sites (N-methyl/N-ethyl adjacent to an activating group) is 1. The van der Waals surface area contributed by atoms with E-state index in [2.05, 4.69) is 5.32 Å². The molecule has 4 aromatic carbocycles. The molecule has 0 radical (unpaired) electrons. The summed E-state index contributed by atoms with van der Waals surface area (Å²) in [5, 5.41) is 4.76. The third kappa shape index (κ3) is 5.16. The number of anilines is 1. The van der Waals surface area contributed by atoms with Crippen LogP contribution in [0.2, 0.25) is 0 Å². The highest BCUT2D eigenvalue weighted by Gasteiger charge is 2.31. The second-order valence-corrected chi connectivity index (χ2v) is 9.57. The van der Waals surface area contributed by atoms with Gasteiger partial charge in [0.2, 0.25) is 11.8 Å². The Morgan fingerprint density at radius 3 is 2.18 bits per heavy atom. The van der Waals surface area contributed by atoms with Crippen molar-refractivity contribution in [3.8, 4) is 0 Å². The fourth-order valence-electron chi connectivity index (χ4n) is 5.23. The average Bonchev–Trinajstić information content (AvgIpc) is 3.23. The van der Waals surface area contributed by atoms with Crippen LogP contribution in [0.4, 0.5) is 5.69 Å². The van der Waals surface area contributed by atoms with Crippen molar-refractivity contribution in [3.05, 3.63) is 114 Å². The smallest absolute Gasteiger partial charge is 0.258 e. The van der Waals surface area contributed by atoms with Crippen molar-refractivity contribution in [2.45, 2.75) is 31.8 Å². The molecule has 0 aliphatic carbocycles. The van der Waals surface area contributed by atoms with E-state index in [1.165, 1.54) is 0 Å². The lowest BCUT2D eigenvalue weighted by Crippen LogP contribution is -2.49. The molecular weight excluding hydrogens is 474 g/mol. The fraction of sp³-hybridized carbons (Fsp3) is 0.219. The number of rotatable bonds is 10. The summed E-state index contributed by atoms with van der Waals surface area (Å²) in [7, 11) is 1.60. The Morgan fingerprint density at radius 1 is 0.842 bits per heavy atom. The predicted molar refractivity (Wildman–Crippen MR) is 150 cm³/mol. The zero-order valence-electron chi connectivity index (χ0n) is 21.5. The lowest BCUT2D eigenvalue weighted by atomic mass is 10.0. The van der Waals surface area contributed by atoms with Crippen LogP contribution in [-0.4, -0.2) is 42.3 Å². The predicted octanol–water partition coefficient (Wildman–Crippen LogP) is 4.97. The number of hydrogen-bond donors (Lipinski definition) is 1. The summed E-state index contributed by atoms with van der Waals surface area (Å²) in [6, 6.07) is 30.5. The molecule has 0 spiro atoms. The van der Waals surface area contributed by atoms with E-state index in [0.29, 0.717) is 31.5 Å². The lowest BCUT2D eigenvalue weighted by molar-refractivity contribution is -0.141. The molecule has 1 aliphatic rings. The maximum atomic E-state index is 13.7. The molecule has 1 heterocycles. The molecule has 0 aromatic heterocycles. The first-order chi connectivity index (χ1) is 18.6. The molecule has 0 fully saturated rings. The zero-order valence-corrected chi connectivity index (χ0v) is 21.5. The van der Waals surface area contributed by atoms with E-state index in [4.69, 9.17) is 0 Å². The highest BCUT2D eigenvalue weighted by atomic mass is 16.2. The van der Waals surface area contributed by atoms with Gasteiger partial charge in [-0.1, -0.05) is 84.9 Å². The van der Waals surface area contributed by atoms with E-state index in [0.717, 1.165) is 27.6 Å². The van der Waals surface area contributed by atoms with E-state index < -0.39 is 6.04 Å². The number of amides is 3. The second-order valence-electron chi connectivity index (χ2n) is 9.57. The highest BCUT2D eigenvalue weighted by Crippen LogP contribution is 2.37. The first kappa shape index (κ1) is 25.2. The van der Waals surface area contributed by atoms with Crippen molar-refractivity contribution in [2.75, 3.05) is 18.5 Å². The highest BCUT2D eigenvalue weighted by molar-refractivity contribution is 6.25. The molecule has 192 valence electrons. The average molecular weight is 506 g/mol. The van der Waals surface area contributed by atoms with Gasteiger partial charge in [-0.3, -0.25) is 14.4 Å². The summed E-state index contributed by atoms with van der Waals surface area (Å²) < 4.78 is 0. The zero-order chi connectivity index (χ0) is 26.5. The number of nitrogens with zero attached hydrogens (tertiary/aromatic N) is 2. The van der Waals surface area contributed by atoms with E-state index in [9.17, 15) is 14.4 Å². The Hall–Kier alpha value is -4.45. The van der Waals surface area contributed by atoms with Crippen molar-refractivity contribution in [2.24, 2.45) is 0 Å². The third-order valence-corrected chi connectivity index (χ3v) is 7.13. The Kier molecular flexibility index (Phi) is 7.50. The minimum atomic E-state index is -0.651. The summed E-state index contributed by atoms with van der Waals surface area (Å²) in [6.45, 7) is 0.763. The maximum Gasteiger partial charge on any atom is 0.258 e. The molecule has 6 heteroatoms. The molecule has 6 nitrogen and oxygen atoms in total. The first-order valence-electron chi connectivity index (χ1n) is 13.0. The third-order valence-electron chi connectivity index (χ3n) is 7.13.